The lowest BCUT2D eigenvalue weighted by Crippen LogP contribution is -2.16. The summed E-state index contributed by atoms with van der Waals surface area (Å²) in [4.78, 5) is 12.4. The highest BCUT2D eigenvalue weighted by atomic mass is 16.5. The number of aromatic nitrogens is 2. The first-order chi connectivity index (χ1) is 11.8. The molecule has 0 unspecified atom stereocenters. The third-order valence-corrected chi connectivity index (χ3v) is 3.56. The van der Waals surface area contributed by atoms with Crippen molar-refractivity contribution in [3.8, 4) is 5.75 Å². The molecule has 5 nitrogen and oxygen atoms in total. The van der Waals surface area contributed by atoms with E-state index >= 15 is 0 Å². The molecule has 5 heteroatoms. The molecule has 0 saturated carbocycles. The largest absolute Gasteiger partial charge is 0.494 e. The molecule has 0 spiro atoms. The Morgan fingerprint density at radius 1 is 1.08 bits per heavy atom. The van der Waals surface area contributed by atoms with Gasteiger partial charge in [-0.3, -0.25) is 4.79 Å². The van der Waals surface area contributed by atoms with Crippen LogP contribution in [-0.2, 0) is 6.54 Å². The predicted octanol–water partition coefficient (Wildman–Crippen LogP) is 3.58. The van der Waals surface area contributed by atoms with Gasteiger partial charge in [0.1, 0.15) is 11.6 Å². The van der Waals surface area contributed by atoms with E-state index in [0.29, 0.717) is 24.5 Å². The quantitative estimate of drug-likeness (QED) is 0.755. The Morgan fingerprint density at radius 2 is 1.83 bits per heavy atom. The smallest absolute Gasteiger partial charge is 0.256 e. The standard InChI is InChI=1S/C19H19N3O2/c1-2-24-17-10-8-16(9-11-17)19(23)21-18-12-13-20-22(18)14-15-6-4-3-5-7-15/h3-13H,2,14H2,1H3,(H,21,23). The lowest BCUT2D eigenvalue weighted by atomic mass is 10.2. The fraction of sp³-hybridized carbons (Fsp3) is 0.158. The summed E-state index contributed by atoms with van der Waals surface area (Å²) >= 11 is 0. The van der Waals surface area contributed by atoms with Gasteiger partial charge in [0.25, 0.3) is 5.91 Å². The predicted molar refractivity (Wildman–Crippen MR) is 93.3 cm³/mol. The second-order valence-corrected chi connectivity index (χ2v) is 5.27. The van der Waals surface area contributed by atoms with E-state index in [0.717, 1.165) is 11.3 Å². The molecular weight excluding hydrogens is 302 g/mol. The lowest BCUT2D eigenvalue weighted by Gasteiger charge is -2.10. The molecule has 3 rings (SSSR count). The summed E-state index contributed by atoms with van der Waals surface area (Å²) in [6.07, 6.45) is 1.68. The Balaban J connectivity index is 1.70. The summed E-state index contributed by atoms with van der Waals surface area (Å²) in [6, 6.07) is 18.9. The van der Waals surface area contributed by atoms with Crippen molar-refractivity contribution in [3.63, 3.8) is 0 Å². The first kappa shape index (κ1) is 15.8. The molecule has 0 aliphatic carbocycles. The van der Waals surface area contributed by atoms with Gasteiger partial charge in [0.2, 0.25) is 0 Å². The van der Waals surface area contributed by atoms with E-state index in [1.54, 1.807) is 41.2 Å². The second kappa shape index (κ2) is 7.46. The van der Waals surface area contributed by atoms with Gasteiger partial charge in [-0.2, -0.15) is 5.10 Å². The topological polar surface area (TPSA) is 56.1 Å². The molecule has 0 fully saturated rings. The molecule has 24 heavy (non-hydrogen) atoms. The minimum absolute atomic E-state index is 0.173. The molecule has 0 atom stereocenters. The van der Waals surface area contributed by atoms with Gasteiger partial charge in [0.05, 0.1) is 19.3 Å². The van der Waals surface area contributed by atoms with E-state index < -0.39 is 0 Å². The minimum atomic E-state index is -0.173. The summed E-state index contributed by atoms with van der Waals surface area (Å²) in [6.45, 7) is 3.13. The van der Waals surface area contributed by atoms with Gasteiger partial charge in [0.15, 0.2) is 0 Å². The number of benzene rings is 2. The number of anilines is 1. The maximum absolute atomic E-state index is 12.4. The van der Waals surface area contributed by atoms with Gasteiger partial charge >= 0.3 is 0 Å². The molecule has 2 aromatic carbocycles. The van der Waals surface area contributed by atoms with Gasteiger partial charge in [-0.1, -0.05) is 30.3 Å². The van der Waals surface area contributed by atoms with Crippen LogP contribution in [0.15, 0.2) is 66.9 Å². The van der Waals surface area contributed by atoms with Crippen molar-refractivity contribution in [1.82, 2.24) is 9.78 Å². The Hall–Kier alpha value is -3.08. The van der Waals surface area contributed by atoms with E-state index in [4.69, 9.17) is 4.74 Å². The van der Waals surface area contributed by atoms with Crippen molar-refractivity contribution in [1.29, 1.82) is 0 Å². The van der Waals surface area contributed by atoms with E-state index in [2.05, 4.69) is 10.4 Å². The Morgan fingerprint density at radius 3 is 2.54 bits per heavy atom. The van der Waals surface area contributed by atoms with Crippen LogP contribution in [0.4, 0.5) is 5.82 Å². The number of hydrogen-bond donors (Lipinski definition) is 1. The van der Waals surface area contributed by atoms with Crippen molar-refractivity contribution in [2.45, 2.75) is 13.5 Å². The number of carbonyl (C=O) groups is 1. The number of nitrogens with one attached hydrogen (secondary N) is 1. The van der Waals surface area contributed by atoms with Crippen molar-refractivity contribution in [2.75, 3.05) is 11.9 Å². The number of hydrogen-bond acceptors (Lipinski definition) is 3. The number of rotatable bonds is 6. The maximum atomic E-state index is 12.4. The first-order valence-electron chi connectivity index (χ1n) is 7.86. The molecule has 1 N–H and O–H groups in total. The van der Waals surface area contributed by atoms with E-state index in [1.807, 2.05) is 37.3 Å². The molecule has 0 radical (unpaired) electrons. The molecule has 1 amide bonds. The molecular formula is C19H19N3O2. The van der Waals surface area contributed by atoms with Crippen molar-refractivity contribution in [3.05, 3.63) is 78.0 Å². The molecule has 1 aromatic heterocycles. The number of ether oxygens (including phenoxy) is 1. The van der Waals surface area contributed by atoms with E-state index in [-0.39, 0.29) is 5.91 Å². The third kappa shape index (κ3) is 3.81. The summed E-state index contributed by atoms with van der Waals surface area (Å²) < 4.78 is 7.15. The van der Waals surface area contributed by atoms with Crippen LogP contribution < -0.4 is 10.1 Å². The van der Waals surface area contributed by atoms with Crippen LogP contribution in [0, 0.1) is 0 Å². The van der Waals surface area contributed by atoms with Crippen molar-refractivity contribution in [2.24, 2.45) is 0 Å². The summed E-state index contributed by atoms with van der Waals surface area (Å²) in [5, 5.41) is 7.18. The average molecular weight is 321 g/mol. The van der Waals surface area contributed by atoms with Gasteiger partial charge in [-0.15, -0.1) is 0 Å². The monoisotopic (exact) mass is 321 g/mol. The third-order valence-electron chi connectivity index (χ3n) is 3.56. The number of nitrogens with zero attached hydrogens (tertiary/aromatic N) is 2. The molecule has 0 aliphatic rings. The Bertz CT molecular complexity index is 795. The molecule has 0 aliphatic heterocycles. The van der Waals surface area contributed by atoms with Crippen LogP contribution in [0.25, 0.3) is 0 Å². The van der Waals surface area contributed by atoms with Crippen LogP contribution in [-0.4, -0.2) is 22.3 Å². The average Bonchev–Trinajstić information content (AvgIpc) is 3.03. The molecule has 122 valence electrons. The maximum Gasteiger partial charge on any atom is 0.256 e. The van der Waals surface area contributed by atoms with Crippen molar-refractivity contribution < 1.29 is 9.53 Å². The van der Waals surface area contributed by atoms with Gasteiger partial charge in [-0.25, -0.2) is 4.68 Å². The van der Waals surface area contributed by atoms with Crippen LogP contribution in [0.2, 0.25) is 0 Å². The molecule has 0 saturated heterocycles. The highest BCUT2D eigenvalue weighted by Crippen LogP contribution is 2.15. The number of carbonyl (C=O) groups excluding carboxylic acids is 1. The zero-order valence-corrected chi connectivity index (χ0v) is 13.5. The summed E-state index contributed by atoms with van der Waals surface area (Å²) in [5.41, 5.74) is 1.70. The van der Waals surface area contributed by atoms with Crippen LogP contribution >= 0.6 is 0 Å². The van der Waals surface area contributed by atoms with Crippen LogP contribution in [0.5, 0.6) is 5.75 Å². The zero-order chi connectivity index (χ0) is 16.8. The van der Waals surface area contributed by atoms with Crippen LogP contribution in [0.1, 0.15) is 22.8 Å². The Kier molecular flexibility index (Phi) is 4.91. The molecule has 1 heterocycles. The summed E-state index contributed by atoms with van der Waals surface area (Å²) in [5.74, 6) is 1.24. The van der Waals surface area contributed by atoms with Gasteiger partial charge < -0.3 is 10.1 Å². The fourth-order valence-corrected chi connectivity index (χ4v) is 2.38. The van der Waals surface area contributed by atoms with E-state index in [9.17, 15) is 4.79 Å². The normalized spacial score (nSPS) is 10.4. The Labute approximate surface area is 140 Å². The minimum Gasteiger partial charge on any atom is -0.494 e. The van der Waals surface area contributed by atoms with Crippen molar-refractivity contribution >= 4 is 11.7 Å². The van der Waals surface area contributed by atoms with E-state index in [1.165, 1.54) is 0 Å². The highest BCUT2D eigenvalue weighted by molar-refractivity contribution is 6.03. The second-order valence-electron chi connectivity index (χ2n) is 5.27. The molecule has 3 aromatic rings. The highest BCUT2D eigenvalue weighted by Gasteiger charge is 2.10. The molecule has 0 bridgehead atoms. The SMILES string of the molecule is CCOc1ccc(C(=O)Nc2ccnn2Cc2ccccc2)cc1. The van der Waals surface area contributed by atoms with Gasteiger partial charge in [0, 0.05) is 11.6 Å². The first-order valence-corrected chi connectivity index (χ1v) is 7.86. The number of amides is 1. The summed E-state index contributed by atoms with van der Waals surface area (Å²) in [7, 11) is 0. The fourth-order valence-electron chi connectivity index (χ4n) is 2.38. The van der Waals surface area contributed by atoms with Gasteiger partial charge in [-0.05, 0) is 36.8 Å². The zero-order valence-electron chi connectivity index (χ0n) is 13.5. The lowest BCUT2D eigenvalue weighted by molar-refractivity contribution is 0.102. The van der Waals surface area contributed by atoms with Crippen LogP contribution in [0.3, 0.4) is 0 Å².